The molecule has 3 aromatic heterocycles. The van der Waals surface area contributed by atoms with Crippen molar-refractivity contribution in [2.24, 2.45) is 7.05 Å². The molecule has 256 valence electrons. The van der Waals surface area contributed by atoms with E-state index in [1.54, 1.807) is 45.7 Å². The van der Waals surface area contributed by atoms with Gasteiger partial charge in [0, 0.05) is 51.1 Å². The molecule has 1 aliphatic heterocycles. The molecular weight excluding hydrogens is 657 g/mol. The Kier molecular flexibility index (Phi) is 9.32. The number of ether oxygens (including phenoxy) is 1. The lowest BCUT2D eigenvalue weighted by molar-refractivity contribution is -0.137. The minimum absolute atomic E-state index is 0.0114. The van der Waals surface area contributed by atoms with Crippen molar-refractivity contribution in [2.75, 3.05) is 36.4 Å². The Morgan fingerprint density at radius 1 is 1.04 bits per heavy atom. The van der Waals surface area contributed by atoms with Crippen molar-refractivity contribution in [2.45, 2.75) is 52.4 Å². The summed E-state index contributed by atoms with van der Waals surface area (Å²) in [6, 6.07) is 5.52. The molecule has 1 fully saturated rings. The van der Waals surface area contributed by atoms with Crippen LogP contribution in [0.3, 0.4) is 0 Å². The second-order valence-electron chi connectivity index (χ2n) is 12.2. The smallest absolute Gasteiger partial charge is 0.416 e. The maximum atomic E-state index is 14.1. The molecule has 0 aliphatic carbocycles. The molecule has 1 saturated heterocycles. The van der Waals surface area contributed by atoms with Crippen LogP contribution in [0, 0.1) is 0 Å². The standard InChI is InChI=1S/C31H34ClF3N8O5/c1-6-22-25(40-11-13-41(14-12-40)29(47)48-30(2,3)4)27(46)43-28(37-26(38-43)18-9-10-39(5)24(45)15-18)42(22)17-23(44)36-21-8-7-19(16-20(21)32)31(33,34)35/h7-10,15-16H,6,11-14,17H2,1-5H3,(H,36,44). The van der Waals surface area contributed by atoms with Gasteiger partial charge in [-0.3, -0.25) is 14.4 Å². The van der Waals surface area contributed by atoms with E-state index >= 15 is 0 Å². The number of carbonyl (C=O) groups is 2. The molecule has 13 nitrogen and oxygen atoms in total. The average molecular weight is 691 g/mol. The molecule has 2 amide bonds. The van der Waals surface area contributed by atoms with Crippen molar-refractivity contribution in [3.05, 3.63) is 73.5 Å². The van der Waals surface area contributed by atoms with Gasteiger partial charge < -0.3 is 29.0 Å². The Morgan fingerprint density at radius 2 is 1.73 bits per heavy atom. The number of carbonyl (C=O) groups excluding carboxylic acids is 2. The summed E-state index contributed by atoms with van der Waals surface area (Å²) in [4.78, 5) is 60.5. The number of nitrogens with zero attached hydrogens (tertiary/aromatic N) is 7. The third-order valence-electron chi connectivity index (χ3n) is 7.64. The highest BCUT2D eigenvalue weighted by Crippen LogP contribution is 2.34. The van der Waals surface area contributed by atoms with Gasteiger partial charge in [-0.2, -0.15) is 22.7 Å². The molecule has 0 atom stereocenters. The summed E-state index contributed by atoms with van der Waals surface area (Å²) in [7, 11) is 1.58. The Bertz CT molecular complexity index is 2010. The normalized spacial score (nSPS) is 14.0. The molecule has 48 heavy (non-hydrogen) atoms. The fourth-order valence-electron chi connectivity index (χ4n) is 5.30. The molecule has 1 aromatic carbocycles. The predicted octanol–water partition coefficient (Wildman–Crippen LogP) is 4.19. The lowest BCUT2D eigenvalue weighted by Crippen LogP contribution is -2.51. The Hall–Kier alpha value is -4.86. The summed E-state index contributed by atoms with van der Waals surface area (Å²) in [6.45, 7) is 7.77. The molecule has 4 aromatic rings. The van der Waals surface area contributed by atoms with Crippen LogP contribution >= 0.6 is 11.6 Å². The van der Waals surface area contributed by atoms with Gasteiger partial charge in [-0.05, 0) is 51.5 Å². The van der Waals surface area contributed by atoms with Crippen LogP contribution in [-0.4, -0.2) is 72.4 Å². The molecule has 1 N–H and O–H groups in total. The van der Waals surface area contributed by atoms with E-state index in [0.717, 1.165) is 22.7 Å². The lowest BCUT2D eigenvalue weighted by atomic mass is 10.2. The molecule has 0 bridgehead atoms. The number of rotatable bonds is 6. The molecule has 1 aliphatic rings. The first-order chi connectivity index (χ1) is 22.5. The van der Waals surface area contributed by atoms with E-state index in [9.17, 15) is 32.3 Å². The zero-order valence-corrected chi connectivity index (χ0v) is 27.6. The molecule has 0 saturated carbocycles. The van der Waals surface area contributed by atoms with Gasteiger partial charge in [0.05, 0.1) is 22.0 Å². The van der Waals surface area contributed by atoms with E-state index in [0.29, 0.717) is 11.3 Å². The highest BCUT2D eigenvalue weighted by Gasteiger charge is 2.32. The highest BCUT2D eigenvalue weighted by molar-refractivity contribution is 6.33. The number of piperazine rings is 1. The number of pyridine rings is 1. The Balaban J connectivity index is 1.55. The molecule has 17 heteroatoms. The monoisotopic (exact) mass is 690 g/mol. The Labute approximate surface area is 277 Å². The van der Waals surface area contributed by atoms with E-state index in [-0.39, 0.29) is 66.2 Å². The number of aryl methyl sites for hydroxylation is 1. The lowest BCUT2D eigenvalue weighted by Gasteiger charge is -2.37. The van der Waals surface area contributed by atoms with Crippen LogP contribution in [0.5, 0.6) is 0 Å². The van der Waals surface area contributed by atoms with Crippen LogP contribution in [0.15, 0.2) is 46.1 Å². The van der Waals surface area contributed by atoms with Crippen molar-refractivity contribution in [3.8, 4) is 11.4 Å². The van der Waals surface area contributed by atoms with E-state index in [1.807, 2.05) is 4.90 Å². The first kappa shape index (κ1) is 34.5. The number of halogens is 4. The first-order valence-electron chi connectivity index (χ1n) is 15.1. The van der Waals surface area contributed by atoms with Gasteiger partial charge in [-0.15, -0.1) is 5.10 Å². The van der Waals surface area contributed by atoms with Crippen molar-refractivity contribution in [3.63, 3.8) is 0 Å². The number of hydrogen-bond donors (Lipinski definition) is 1. The number of fused-ring (bicyclic) bond motifs is 1. The van der Waals surface area contributed by atoms with Gasteiger partial charge >= 0.3 is 12.3 Å². The van der Waals surface area contributed by atoms with Crippen LogP contribution in [0.4, 0.5) is 29.3 Å². The van der Waals surface area contributed by atoms with Crippen LogP contribution in [0.1, 0.15) is 39.0 Å². The van der Waals surface area contributed by atoms with Crippen molar-refractivity contribution in [1.29, 1.82) is 0 Å². The highest BCUT2D eigenvalue weighted by atomic mass is 35.5. The topological polar surface area (TPSA) is 136 Å². The third-order valence-corrected chi connectivity index (χ3v) is 7.96. The molecule has 0 radical (unpaired) electrons. The number of amides is 2. The van der Waals surface area contributed by atoms with E-state index in [1.165, 1.54) is 21.4 Å². The number of anilines is 2. The van der Waals surface area contributed by atoms with Crippen LogP contribution in [-0.2, 0) is 35.7 Å². The van der Waals surface area contributed by atoms with Gasteiger partial charge in [0.15, 0.2) is 5.82 Å². The van der Waals surface area contributed by atoms with Crippen LogP contribution < -0.4 is 21.3 Å². The second-order valence-corrected chi connectivity index (χ2v) is 12.7. The van der Waals surface area contributed by atoms with E-state index in [2.05, 4.69) is 15.4 Å². The number of hydrogen-bond acceptors (Lipinski definition) is 8. The zero-order chi connectivity index (χ0) is 35.1. The van der Waals surface area contributed by atoms with E-state index < -0.39 is 41.4 Å². The minimum Gasteiger partial charge on any atom is -0.444 e. The van der Waals surface area contributed by atoms with Crippen molar-refractivity contribution < 1.29 is 27.5 Å². The number of alkyl halides is 3. The fourth-order valence-corrected chi connectivity index (χ4v) is 5.53. The summed E-state index contributed by atoms with van der Waals surface area (Å²) in [5, 5.41) is 6.66. The summed E-state index contributed by atoms with van der Waals surface area (Å²) >= 11 is 6.09. The molecule has 0 spiro atoms. The maximum absolute atomic E-state index is 14.1. The summed E-state index contributed by atoms with van der Waals surface area (Å²) in [6.07, 6.45) is -3.29. The summed E-state index contributed by atoms with van der Waals surface area (Å²) in [5.74, 6) is -0.577. The molecular formula is C31H34ClF3N8O5. The third kappa shape index (κ3) is 7.17. The van der Waals surface area contributed by atoms with Crippen molar-refractivity contribution in [1.82, 2.24) is 28.6 Å². The molecule has 5 rings (SSSR count). The zero-order valence-electron chi connectivity index (χ0n) is 26.9. The van der Waals surface area contributed by atoms with Gasteiger partial charge in [0.1, 0.15) is 17.8 Å². The molecule has 4 heterocycles. The minimum atomic E-state index is -4.62. The summed E-state index contributed by atoms with van der Waals surface area (Å²) < 4.78 is 48.9. The summed E-state index contributed by atoms with van der Waals surface area (Å²) in [5.41, 5.74) is -1.50. The van der Waals surface area contributed by atoms with Gasteiger partial charge in [0.25, 0.3) is 11.1 Å². The number of aromatic nitrogens is 5. The van der Waals surface area contributed by atoms with E-state index in [4.69, 9.17) is 16.3 Å². The molecule has 0 unspecified atom stereocenters. The van der Waals surface area contributed by atoms with Crippen LogP contribution in [0.25, 0.3) is 17.2 Å². The largest absolute Gasteiger partial charge is 0.444 e. The van der Waals surface area contributed by atoms with Gasteiger partial charge in [-0.25, -0.2) is 4.79 Å². The van der Waals surface area contributed by atoms with Gasteiger partial charge in [0.2, 0.25) is 11.7 Å². The maximum Gasteiger partial charge on any atom is 0.416 e. The fraction of sp³-hybridized carbons (Fsp3) is 0.419. The number of benzene rings is 1. The van der Waals surface area contributed by atoms with Crippen LogP contribution in [0.2, 0.25) is 5.02 Å². The average Bonchev–Trinajstić information content (AvgIpc) is 3.45. The SMILES string of the molecule is CCc1c(N2CCN(C(=O)OC(C)(C)C)CC2)c(=O)n2nc(-c3ccn(C)c(=O)c3)nc2n1CC(=O)Nc1ccc(C(F)(F)F)cc1Cl. The van der Waals surface area contributed by atoms with Gasteiger partial charge in [-0.1, -0.05) is 18.5 Å². The van der Waals surface area contributed by atoms with Crippen molar-refractivity contribution >= 4 is 40.8 Å². The first-order valence-corrected chi connectivity index (χ1v) is 15.4. The second kappa shape index (κ2) is 13.0. The predicted molar refractivity (Wildman–Crippen MR) is 172 cm³/mol. The quantitative estimate of drug-likeness (QED) is 0.318. The Morgan fingerprint density at radius 3 is 2.31 bits per heavy atom. The number of nitrogens with one attached hydrogen (secondary N) is 1.